The summed E-state index contributed by atoms with van der Waals surface area (Å²) in [6.07, 6.45) is 3.32. The Kier molecular flexibility index (Phi) is 3.91. The van der Waals surface area contributed by atoms with E-state index in [0.29, 0.717) is 11.3 Å². The summed E-state index contributed by atoms with van der Waals surface area (Å²) in [7, 11) is 1.56. The van der Waals surface area contributed by atoms with Crippen molar-refractivity contribution in [2.24, 2.45) is 0 Å². The van der Waals surface area contributed by atoms with Crippen molar-refractivity contribution < 1.29 is 14.3 Å². The molecule has 4 nitrogen and oxygen atoms in total. The minimum Gasteiger partial charge on any atom is -0.497 e. The molecule has 0 saturated heterocycles. The molecule has 0 bridgehead atoms. The fourth-order valence-corrected chi connectivity index (χ4v) is 1.46. The predicted molar refractivity (Wildman–Crippen MR) is 66.4 cm³/mol. The van der Waals surface area contributed by atoms with E-state index in [2.05, 4.69) is 4.98 Å². The van der Waals surface area contributed by atoms with Crippen LogP contribution in [0, 0.1) is 0 Å². The van der Waals surface area contributed by atoms with Crippen LogP contribution in [0.2, 0.25) is 0 Å². The molecule has 2 rings (SSSR count). The first-order valence-corrected chi connectivity index (χ1v) is 5.49. The molecule has 2 aromatic rings. The van der Waals surface area contributed by atoms with E-state index in [0.717, 1.165) is 5.56 Å². The van der Waals surface area contributed by atoms with Crippen LogP contribution in [-0.2, 0) is 11.3 Å². The van der Waals surface area contributed by atoms with E-state index in [1.807, 2.05) is 0 Å². The van der Waals surface area contributed by atoms with Crippen LogP contribution >= 0.6 is 0 Å². The minimum atomic E-state index is -0.370. The molecular formula is C14H13NO3. The van der Waals surface area contributed by atoms with Crippen LogP contribution in [0.4, 0.5) is 0 Å². The van der Waals surface area contributed by atoms with Crippen molar-refractivity contribution in [3.63, 3.8) is 0 Å². The maximum atomic E-state index is 11.8. The van der Waals surface area contributed by atoms with Gasteiger partial charge < -0.3 is 9.47 Å². The molecule has 1 aromatic heterocycles. The number of carbonyl (C=O) groups is 1. The second-order valence-electron chi connectivity index (χ2n) is 3.66. The smallest absolute Gasteiger partial charge is 0.338 e. The molecule has 1 heterocycles. The van der Waals surface area contributed by atoms with E-state index in [1.165, 1.54) is 0 Å². The largest absolute Gasteiger partial charge is 0.497 e. The van der Waals surface area contributed by atoms with Gasteiger partial charge in [-0.05, 0) is 35.9 Å². The normalized spacial score (nSPS) is 9.83. The molecule has 18 heavy (non-hydrogen) atoms. The van der Waals surface area contributed by atoms with Crippen LogP contribution in [-0.4, -0.2) is 18.1 Å². The maximum Gasteiger partial charge on any atom is 0.338 e. The zero-order valence-corrected chi connectivity index (χ0v) is 10.00. The zero-order valence-electron chi connectivity index (χ0n) is 10.00. The molecule has 92 valence electrons. The van der Waals surface area contributed by atoms with Crippen LogP contribution in [0.15, 0.2) is 48.8 Å². The molecule has 1 aromatic carbocycles. The average molecular weight is 243 g/mol. The van der Waals surface area contributed by atoms with Crippen molar-refractivity contribution in [1.82, 2.24) is 4.98 Å². The topological polar surface area (TPSA) is 48.4 Å². The number of rotatable bonds is 4. The van der Waals surface area contributed by atoms with Gasteiger partial charge in [0.25, 0.3) is 0 Å². The molecule has 0 atom stereocenters. The van der Waals surface area contributed by atoms with E-state index >= 15 is 0 Å². The molecule has 0 N–H and O–H groups in total. The first kappa shape index (κ1) is 12.1. The molecule has 0 saturated carbocycles. The highest BCUT2D eigenvalue weighted by Gasteiger charge is 2.08. The molecule has 4 heteroatoms. The molecule has 0 aliphatic rings. The summed E-state index contributed by atoms with van der Waals surface area (Å²) >= 11 is 0. The highest BCUT2D eigenvalue weighted by molar-refractivity contribution is 5.89. The highest BCUT2D eigenvalue weighted by Crippen LogP contribution is 2.14. The Morgan fingerprint density at radius 1 is 1.22 bits per heavy atom. The number of aromatic nitrogens is 1. The Hall–Kier alpha value is -2.36. The molecule has 0 amide bonds. The summed E-state index contributed by atoms with van der Waals surface area (Å²) in [5.41, 5.74) is 1.38. The summed E-state index contributed by atoms with van der Waals surface area (Å²) in [5, 5.41) is 0. The van der Waals surface area contributed by atoms with E-state index in [9.17, 15) is 4.79 Å². The third kappa shape index (κ3) is 3.07. The van der Waals surface area contributed by atoms with Gasteiger partial charge in [0.15, 0.2) is 0 Å². The summed E-state index contributed by atoms with van der Waals surface area (Å²) in [6, 6.07) is 10.5. The number of hydrogen-bond acceptors (Lipinski definition) is 4. The molecule has 0 aliphatic carbocycles. The van der Waals surface area contributed by atoms with Gasteiger partial charge in [-0.25, -0.2) is 4.79 Å². The van der Waals surface area contributed by atoms with Crippen LogP contribution in [0.3, 0.4) is 0 Å². The van der Waals surface area contributed by atoms with Gasteiger partial charge in [0.1, 0.15) is 12.4 Å². The van der Waals surface area contributed by atoms with Gasteiger partial charge >= 0.3 is 5.97 Å². The third-order valence-electron chi connectivity index (χ3n) is 2.42. The van der Waals surface area contributed by atoms with Crippen molar-refractivity contribution >= 4 is 5.97 Å². The van der Waals surface area contributed by atoms with Gasteiger partial charge in [-0.3, -0.25) is 4.98 Å². The van der Waals surface area contributed by atoms with Gasteiger partial charge in [-0.15, -0.1) is 0 Å². The molecule has 0 radical (unpaired) electrons. The van der Waals surface area contributed by atoms with E-state index in [-0.39, 0.29) is 12.6 Å². The molecule has 0 aliphatic heterocycles. The van der Waals surface area contributed by atoms with Crippen LogP contribution in [0.5, 0.6) is 5.75 Å². The van der Waals surface area contributed by atoms with Crippen LogP contribution < -0.4 is 4.74 Å². The van der Waals surface area contributed by atoms with Crippen molar-refractivity contribution in [3.8, 4) is 5.75 Å². The van der Waals surface area contributed by atoms with Crippen molar-refractivity contribution in [2.45, 2.75) is 6.61 Å². The Balaban J connectivity index is 1.99. The van der Waals surface area contributed by atoms with Crippen LogP contribution in [0.1, 0.15) is 15.9 Å². The number of methoxy groups -OCH3 is 1. The SMILES string of the molecule is COc1cccc(C(=O)OCc2ccncc2)c1. The molecule has 0 fully saturated rings. The first-order chi connectivity index (χ1) is 8.79. The van der Waals surface area contributed by atoms with Gasteiger partial charge in [0.2, 0.25) is 0 Å². The summed E-state index contributed by atoms with van der Waals surface area (Å²) in [5.74, 6) is 0.263. The molecule has 0 unspecified atom stereocenters. The van der Waals surface area contributed by atoms with Gasteiger partial charge in [-0.2, -0.15) is 0 Å². The molecular weight excluding hydrogens is 230 g/mol. The van der Waals surface area contributed by atoms with Crippen molar-refractivity contribution in [1.29, 1.82) is 0 Å². The standard InChI is InChI=1S/C14H13NO3/c1-17-13-4-2-3-12(9-13)14(16)18-10-11-5-7-15-8-6-11/h2-9H,10H2,1H3. The second-order valence-corrected chi connectivity index (χ2v) is 3.66. The van der Waals surface area contributed by atoms with Crippen molar-refractivity contribution in [2.75, 3.05) is 7.11 Å². The number of benzene rings is 1. The summed E-state index contributed by atoms with van der Waals surface area (Å²) in [4.78, 5) is 15.7. The lowest BCUT2D eigenvalue weighted by atomic mass is 10.2. The predicted octanol–water partition coefficient (Wildman–Crippen LogP) is 2.45. The number of nitrogens with zero attached hydrogens (tertiary/aromatic N) is 1. The fourth-order valence-electron chi connectivity index (χ4n) is 1.46. The van der Waals surface area contributed by atoms with E-state index in [1.54, 1.807) is 55.9 Å². The van der Waals surface area contributed by atoms with Gasteiger partial charge in [0.05, 0.1) is 12.7 Å². The van der Waals surface area contributed by atoms with E-state index < -0.39 is 0 Å². The van der Waals surface area contributed by atoms with Crippen molar-refractivity contribution in [3.05, 3.63) is 59.9 Å². The third-order valence-corrected chi connectivity index (χ3v) is 2.42. The minimum absolute atomic E-state index is 0.235. The quantitative estimate of drug-likeness (QED) is 0.774. The molecule has 0 spiro atoms. The number of ether oxygens (including phenoxy) is 2. The first-order valence-electron chi connectivity index (χ1n) is 5.49. The average Bonchev–Trinajstić information content (AvgIpc) is 2.46. The lowest BCUT2D eigenvalue weighted by Gasteiger charge is -2.06. The number of carbonyl (C=O) groups excluding carboxylic acids is 1. The summed E-state index contributed by atoms with van der Waals surface area (Å²) < 4.78 is 10.2. The Bertz CT molecular complexity index is 526. The van der Waals surface area contributed by atoms with E-state index in [4.69, 9.17) is 9.47 Å². The number of pyridine rings is 1. The Labute approximate surface area is 105 Å². The number of hydrogen-bond donors (Lipinski definition) is 0. The van der Waals surface area contributed by atoms with Gasteiger partial charge in [0, 0.05) is 12.4 Å². The Morgan fingerprint density at radius 3 is 2.72 bits per heavy atom. The highest BCUT2D eigenvalue weighted by atomic mass is 16.5. The lowest BCUT2D eigenvalue weighted by Crippen LogP contribution is -2.05. The zero-order chi connectivity index (χ0) is 12.8. The van der Waals surface area contributed by atoms with Crippen LogP contribution in [0.25, 0.3) is 0 Å². The number of esters is 1. The second kappa shape index (κ2) is 5.82. The fraction of sp³-hybridized carbons (Fsp3) is 0.143. The summed E-state index contributed by atoms with van der Waals surface area (Å²) in [6.45, 7) is 0.235. The lowest BCUT2D eigenvalue weighted by molar-refractivity contribution is 0.0472. The maximum absolute atomic E-state index is 11.8. The van der Waals surface area contributed by atoms with Gasteiger partial charge in [-0.1, -0.05) is 6.07 Å². The Morgan fingerprint density at radius 2 is 2.00 bits per heavy atom. The monoisotopic (exact) mass is 243 g/mol.